The monoisotopic (exact) mass is 400 g/mol. The lowest BCUT2D eigenvalue weighted by Crippen LogP contribution is -2.24. The molecule has 9 heteroatoms. The van der Waals surface area contributed by atoms with Crippen molar-refractivity contribution in [1.29, 1.82) is 0 Å². The predicted octanol–water partition coefficient (Wildman–Crippen LogP) is 3.70. The van der Waals surface area contributed by atoms with Crippen molar-refractivity contribution < 1.29 is 4.79 Å². The summed E-state index contributed by atoms with van der Waals surface area (Å²) in [6.45, 7) is 4.33. The third kappa shape index (κ3) is 2.98. The average molecular weight is 401 g/mol. The fraction of sp³-hybridized carbons (Fsp3) is 0.500. The normalized spacial score (nSPS) is 16.8. The zero-order valence-corrected chi connectivity index (χ0v) is 16.8. The maximum Gasteiger partial charge on any atom is 0.262 e. The highest BCUT2D eigenvalue weighted by atomic mass is 32.1. The second-order valence-corrected chi connectivity index (χ2v) is 8.79. The lowest BCUT2D eigenvalue weighted by atomic mass is 10.1. The van der Waals surface area contributed by atoms with Gasteiger partial charge in [0, 0.05) is 17.3 Å². The van der Waals surface area contributed by atoms with E-state index in [2.05, 4.69) is 20.5 Å². The average Bonchev–Trinajstić information content (AvgIpc) is 3.56. The molecule has 2 aliphatic carbocycles. The Balaban J connectivity index is 1.41. The molecule has 2 saturated carbocycles. The second kappa shape index (κ2) is 6.20. The quantitative estimate of drug-likeness (QED) is 0.638. The molecule has 3 aromatic heterocycles. The molecule has 0 spiro atoms. The molecular formula is C18H20N6OS2. The van der Waals surface area contributed by atoms with Gasteiger partial charge in [0.05, 0.1) is 17.1 Å². The van der Waals surface area contributed by atoms with E-state index in [1.165, 1.54) is 11.3 Å². The first-order chi connectivity index (χ1) is 13.0. The van der Waals surface area contributed by atoms with Crippen LogP contribution < -0.4 is 5.32 Å². The van der Waals surface area contributed by atoms with Crippen LogP contribution in [-0.2, 0) is 6.54 Å². The number of nitrogens with zero attached hydrogens (tertiary/aromatic N) is 4. The Morgan fingerprint density at radius 2 is 2.07 bits per heavy atom. The first kappa shape index (κ1) is 17.0. The summed E-state index contributed by atoms with van der Waals surface area (Å²) < 4.78 is 2.64. The van der Waals surface area contributed by atoms with Crippen molar-refractivity contribution in [2.45, 2.75) is 58.0 Å². The van der Waals surface area contributed by atoms with E-state index < -0.39 is 0 Å². The van der Waals surface area contributed by atoms with E-state index in [0.29, 0.717) is 28.2 Å². The number of hydrogen-bond donors (Lipinski definition) is 2. The number of thiophene rings is 1. The number of hydrogen-bond acceptors (Lipinski definition) is 6. The van der Waals surface area contributed by atoms with Crippen LogP contribution in [0.2, 0.25) is 0 Å². The van der Waals surface area contributed by atoms with Gasteiger partial charge in [0.15, 0.2) is 10.6 Å². The van der Waals surface area contributed by atoms with Crippen LogP contribution >= 0.6 is 23.6 Å². The van der Waals surface area contributed by atoms with Crippen LogP contribution in [0, 0.1) is 18.6 Å². The molecule has 5 rings (SSSR count). The van der Waals surface area contributed by atoms with Crippen LogP contribution in [-0.4, -0.2) is 30.6 Å². The van der Waals surface area contributed by atoms with Gasteiger partial charge in [-0.15, -0.1) is 11.3 Å². The highest BCUT2D eigenvalue weighted by molar-refractivity contribution is 7.71. The highest BCUT2D eigenvalue weighted by Gasteiger charge is 2.29. The van der Waals surface area contributed by atoms with Crippen LogP contribution in [0.3, 0.4) is 0 Å². The lowest BCUT2D eigenvalue weighted by molar-refractivity contribution is 0.0953. The van der Waals surface area contributed by atoms with E-state index in [1.807, 2.05) is 18.4 Å². The summed E-state index contributed by atoms with van der Waals surface area (Å²) in [5.41, 5.74) is 1.91. The smallest absolute Gasteiger partial charge is 0.262 e. The third-order valence-corrected chi connectivity index (χ3v) is 6.71. The Bertz CT molecular complexity index is 1120. The first-order valence-electron chi connectivity index (χ1n) is 9.24. The number of H-pyrrole nitrogens is 1. The molecule has 1 amide bonds. The van der Waals surface area contributed by atoms with Crippen LogP contribution in [0.15, 0.2) is 0 Å². The fourth-order valence-corrected chi connectivity index (χ4v) is 4.97. The molecule has 3 aromatic rings. The Kier molecular flexibility index (Phi) is 3.90. The molecule has 2 N–H and O–H groups in total. The minimum absolute atomic E-state index is 0.0980. The first-order valence-corrected chi connectivity index (χ1v) is 10.5. The number of amides is 1. The number of aromatic amines is 1. The summed E-state index contributed by atoms with van der Waals surface area (Å²) in [4.78, 5) is 23.8. The Morgan fingerprint density at radius 3 is 2.78 bits per heavy atom. The third-order valence-electron chi connectivity index (χ3n) is 5.23. The maximum atomic E-state index is 12.8. The minimum Gasteiger partial charge on any atom is -0.344 e. The van der Waals surface area contributed by atoms with Crippen LogP contribution in [0.25, 0.3) is 10.2 Å². The van der Waals surface area contributed by atoms with Gasteiger partial charge in [0.1, 0.15) is 10.7 Å². The number of nitrogens with one attached hydrogen (secondary N) is 2. The van der Waals surface area contributed by atoms with E-state index in [0.717, 1.165) is 58.8 Å². The van der Waals surface area contributed by atoms with Gasteiger partial charge in [0.2, 0.25) is 0 Å². The molecule has 0 radical (unpaired) electrons. The number of aryl methyl sites for hydroxylation is 2. The van der Waals surface area contributed by atoms with E-state index in [1.54, 1.807) is 0 Å². The van der Waals surface area contributed by atoms with Crippen molar-refractivity contribution in [3.05, 3.63) is 32.6 Å². The summed E-state index contributed by atoms with van der Waals surface area (Å²) in [6, 6.07) is 0.424. The van der Waals surface area contributed by atoms with Crippen molar-refractivity contribution in [3.63, 3.8) is 0 Å². The zero-order valence-electron chi connectivity index (χ0n) is 15.2. The fourth-order valence-electron chi connectivity index (χ4n) is 3.51. The second-order valence-electron chi connectivity index (χ2n) is 7.41. The van der Waals surface area contributed by atoms with Crippen LogP contribution in [0.5, 0.6) is 0 Å². The summed E-state index contributed by atoms with van der Waals surface area (Å²) in [5.74, 6) is 2.10. The molecule has 0 unspecified atom stereocenters. The molecule has 27 heavy (non-hydrogen) atoms. The Morgan fingerprint density at radius 1 is 1.30 bits per heavy atom. The molecule has 0 saturated heterocycles. The van der Waals surface area contributed by atoms with Gasteiger partial charge < -0.3 is 5.32 Å². The number of carbonyl (C=O) groups is 1. The maximum absolute atomic E-state index is 12.8. The Hall–Kier alpha value is -2.13. The van der Waals surface area contributed by atoms with Gasteiger partial charge in [-0.25, -0.2) is 9.97 Å². The van der Waals surface area contributed by atoms with Crippen molar-refractivity contribution in [2.75, 3.05) is 0 Å². The van der Waals surface area contributed by atoms with E-state index >= 15 is 0 Å². The largest absolute Gasteiger partial charge is 0.344 e. The van der Waals surface area contributed by atoms with E-state index in [4.69, 9.17) is 17.2 Å². The molecule has 0 aromatic carbocycles. The molecule has 2 fully saturated rings. The summed E-state index contributed by atoms with van der Waals surface area (Å²) >= 11 is 6.75. The van der Waals surface area contributed by atoms with Gasteiger partial charge in [-0.2, -0.15) is 5.10 Å². The standard InChI is InChI=1S/C18H20N6OS2/c1-8-13-9(2)20-15(10-3-4-10)21-17(13)27-14(8)16(25)19-7-12-22-23-18(26)24(12)11-5-6-11/h10-11H,3-7H2,1-2H3,(H,19,25)(H,23,26). The Labute approximate surface area is 165 Å². The summed E-state index contributed by atoms with van der Waals surface area (Å²) in [6.07, 6.45) is 4.56. The number of rotatable bonds is 5. The van der Waals surface area contributed by atoms with Crippen molar-refractivity contribution >= 4 is 39.7 Å². The van der Waals surface area contributed by atoms with E-state index in [9.17, 15) is 4.79 Å². The number of carbonyl (C=O) groups excluding carboxylic acids is 1. The summed E-state index contributed by atoms with van der Waals surface area (Å²) in [7, 11) is 0. The molecule has 7 nitrogen and oxygen atoms in total. The topological polar surface area (TPSA) is 88.5 Å². The molecule has 2 aliphatic rings. The highest BCUT2D eigenvalue weighted by Crippen LogP contribution is 2.40. The molecule has 0 aliphatic heterocycles. The number of aromatic nitrogens is 5. The summed E-state index contributed by atoms with van der Waals surface area (Å²) in [5, 5.41) is 11.1. The van der Waals surface area contributed by atoms with Crippen molar-refractivity contribution in [3.8, 4) is 0 Å². The zero-order chi connectivity index (χ0) is 18.7. The molecule has 0 atom stereocenters. The van der Waals surface area contributed by atoms with Crippen LogP contribution in [0.4, 0.5) is 0 Å². The molecule has 3 heterocycles. The predicted molar refractivity (Wildman–Crippen MR) is 106 cm³/mol. The van der Waals surface area contributed by atoms with Gasteiger partial charge in [0.25, 0.3) is 5.91 Å². The minimum atomic E-state index is -0.0980. The van der Waals surface area contributed by atoms with Gasteiger partial charge in [-0.1, -0.05) is 0 Å². The SMILES string of the molecule is Cc1nc(C2CC2)nc2sc(C(=O)NCc3n[nH]c(=S)n3C3CC3)c(C)c12. The molecule has 0 bridgehead atoms. The van der Waals surface area contributed by atoms with E-state index in [-0.39, 0.29) is 5.91 Å². The van der Waals surface area contributed by atoms with Gasteiger partial charge in [-0.3, -0.25) is 14.5 Å². The van der Waals surface area contributed by atoms with Gasteiger partial charge >= 0.3 is 0 Å². The van der Waals surface area contributed by atoms with Crippen molar-refractivity contribution in [1.82, 2.24) is 30.0 Å². The number of fused-ring (bicyclic) bond motifs is 1. The van der Waals surface area contributed by atoms with Crippen molar-refractivity contribution in [2.24, 2.45) is 0 Å². The van der Waals surface area contributed by atoms with Gasteiger partial charge in [-0.05, 0) is 57.3 Å². The van der Waals surface area contributed by atoms with Crippen LogP contribution in [0.1, 0.15) is 70.2 Å². The lowest BCUT2D eigenvalue weighted by Gasteiger charge is -2.06. The molecular weight excluding hydrogens is 380 g/mol. The molecule has 140 valence electrons.